The lowest BCUT2D eigenvalue weighted by Gasteiger charge is -2.11. The van der Waals surface area contributed by atoms with Crippen LogP contribution in [0.15, 0.2) is 99.9 Å². The van der Waals surface area contributed by atoms with Crippen LogP contribution in [0.3, 0.4) is 0 Å². The number of hydrogen-bond acceptors (Lipinski definition) is 10. The van der Waals surface area contributed by atoms with Gasteiger partial charge in [0, 0.05) is 5.56 Å². The predicted octanol–water partition coefficient (Wildman–Crippen LogP) is 4.60. The third kappa shape index (κ3) is 6.97. The van der Waals surface area contributed by atoms with Gasteiger partial charge >= 0.3 is 20.2 Å². The minimum atomic E-state index is -4.31. The monoisotopic (exact) mass is 570 g/mol. The van der Waals surface area contributed by atoms with Crippen LogP contribution in [0.1, 0.15) is 21.5 Å². The maximum Gasteiger partial charge on any atom is 0.340 e. The zero-order valence-electron chi connectivity index (χ0n) is 20.3. The van der Waals surface area contributed by atoms with Crippen molar-refractivity contribution in [2.75, 3.05) is 5.75 Å². The van der Waals surface area contributed by atoms with Crippen LogP contribution >= 0.6 is 11.8 Å². The van der Waals surface area contributed by atoms with Crippen LogP contribution in [0.5, 0.6) is 11.8 Å². The Balaban J connectivity index is 1.64. The van der Waals surface area contributed by atoms with Gasteiger partial charge in [-0.1, -0.05) is 77.5 Å². The number of rotatable bonds is 10. The molecule has 0 unspecified atom stereocenters. The highest BCUT2D eigenvalue weighted by molar-refractivity contribution is 7.99. The van der Waals surface area contributed by atoms with Gasteiger partial charge in [-0.3, -0.25) is 4.79 Å². The summed E-state index contributed by atoms with van der Waals surface area (Å²) in [5, 5.41) is -0.111. The van der Waals surface area contributed by atoms with E-state index in [-0.39, 0.29) is 26.5 Å². The molecular formula is C26H22N2O7S3. The van der Waals surface area contributed by atoms with E-state index in [0.29, 0.717) is 5.56 Å². The van der Waals surface area contributed by atoms with Crippen LogP contribution in [0.4, 0.5) is 0 Å². The molecule has 3 aromatic carbocycles. The van der Waals surface area contributed by atoms with Crippen molar-refractivity contribution in [3.05, 3.63) is 102 Å². The minimum Gasteiger partial charge on any atom is -0.358 e. The van der Waals surface area contributed by atoms with Crippen molar-refractivity contribution < 1.29 is 30.0 Å². The molecule has 0 aliphatic carbocycles. The molecule has 1 aromatic heterocycles. The average Bonchev–Trinajstić information content (AvgIpc) is 2.87. The lowest BCUT2D eigenvalue weighted by Crippen LogP contribution is -2.14. The van der Waals surface area contributed by atoms with E-state index in [2.05, 4.69) is 9.97 Å². The third-order valence-electron chi connectivity index (χ3n) is 5.10. The van der Waals surface area contributed by atoms with Gasteiger partial charge < -0.3 is 8.37 Å². The summed E-state index contributed by atoms with van der Waals surface area (Å²) >= 11 is 0.878. The molecule has 4 aromatic rings. The van der Waals surface area contributed by atoms with Gasteiger partial charge in [0.25, 0.3) is 0 Å². The van der Waals surface area contributed by atoms with E-state index < -0.39 is 32.0 Å². The second-order valence-electron chi connectivity index (χ2n) is 8.11. The molecule has 0 atom stereocenters. The van der Waals surface area contributed by atoms with Crippen LogP contribution in [0.25, 0.3) is 0 Å². The van der Waals surface area contributed by atoms with Crippen molar-refractivity contribution >= 4 is 37.8 Å². The molecule has 0 N–H and O–H groups in total. The van der Waals surface area contributed by atoms with Crippen molar-refractivity contribution in [1.82, 2.24) is 9.97 Å². The molecule has 0 amide bonds. The van der Waals surface area contributed by atoms with Crippen LogP contribution < -0.4 is 8.37 Å². The molecule has 0 aliphatic heterocycles. The molecule has 0 fully saturated rings. The number of thioether (sulfide) groups is 1. The Morgan fingerprint density at radius 3 is 1.61 bits per heavy atom. The zero-order chi connectivity index (χ0) is 27.3. The largest absolute Gasteiger partial charge is 0.358 e. The Bertz CT molecular complexity index is 1560. The number of benzene rings is 3. The molecule has 0 radical (unpaired) electrons. The predicted molar refractivity (Wildman–Crippen MR) is 142 cm³/mol. The van der Waals surface area contributed by atoms with Gasteiger partial charge in [0.05, 0.1) is 11.8 Å². The first-order valence-electron chi connectivity index (χ1n) is 11.1. The normalized spacial score (nSPS) is 11.6. The first-order valence-corrected chi connectivity index (χ1v) is 14.9. The van der Waals surface area contributed by atoms with E-state index in [1.807, 2.05) is 0 Å². The molecule has 0 aliphatic rings. The zero-order valence-corrected chi connectivity index (χ0v) is 22.7. The minimum absolute atomic E-state index is 0.0949. The van der Waals surface area contributed by atoms with E-state index in [1.54, 1.807) is 68.4 Å². The molecule has 12 heteroatoms. The highest BCUT2D eigenvalue weighted by atomic mass is 32.2. The molecule has 0 spiro atoms. The van der Waals surface area contributed by atoms with E-state index >= 15 is 0 Å². The van der Waals surface area contributed by atoms with Crippen LogP contribution in [0.2, 0.25) is 0 Å². The Kier molecular flexibility index (Phi) is 8.14. The highest BCUT2D eigenvalue weighted by Gasteiger charge is 2.23. The van der Waals surface area contributed by atoms with Crippen molar-refractivity contribution in [2.24, 2.45) is 0 Å². The second-order valence-corrected chi connectivity index (χ2v) is 12.1. The lowest BCUT2D eigenvalue weighted by molar-refractivity contribution is 0.102. The number of hydrogen-bond donors (Lipinski definition) is 0. The second kappa shape index (κ2) is 11.3. The first-order chi connectivity index (χ1) is 18.0. The van der Waals surface area contributed by atoms with Crippen molar-refractivity contribution in [3.63, 3.8) is 0 Å². The lowest BCUT2D eigenvalue weighted by atomic mass is 10.2. The van der Waals surface area contributed by atoms with E-state index in [0.717, 1.165) is 29.0 Å². The number of Topliss-reactive ketones (excluding diaryl/α,β-unsaturated/α-hetero) is 1. The fraction of sp³-hybridized carbons (Fsp3) is 0.115. The van der Waals surface area contributed by atoms with Gasteiger partial charge in [-0.25, -0.2) is 0 Å². The highest BCUT2D eigenvalue weighted by Crippen LogP contribution is 2.27. The van der Waals surface area contributed by atoms with Gasteiger partial charge in [-0.15, -0.1) is 0 Å². The number of ketones is 1. The topological polar surface area (TPSA) is 130 Å². The summed E-state index contributed by atoms with van der Waals surface area (Å²) in [5.41, 5.74) is 2.17. The quantitative estimate of drug-likeness (QED) is 0.115. The Labute approximate surface area is 225 Å². The maximum atomic E-state index is 12.8. The van der Waals surface area contributed by atoms with Crippen LogP contribution in [-0.4, -0.2) is 38.3 Å². The summed E-state index contributed by atoms with van der Waals surface area (Å²) in [4.78, 5) is 20.4. The summed E-state index contributed by atoms with van der Waals surface area (Å²) < 4.78 is 61.7. The standard InChI is InChI=1S/C26H22N2O7S3/c1-18-8-12-21(13-9-18)37(30,31)34-24-16-25(35-38(32,33)22-14-10-19(2)11-15-22)28-26(27-24)36-17-23(29)20-6-4-3-5-7-20/h3-16H,17H2,1-2H3. The number of carbonyl (C=O) groups is 1. The summed E-state index contributed by atoms with van der Waals surface area (Å²) in [6, 6.07) is 21.4. The SMILES string of the molecule is Cc1ccc(S(=O)(=O)Oc2cc(OS(=O)(=O)c3ccc(C)cc3)nc(SCC(=O)c3ccccc3)n2)cc1. The smallest absolute Gasteiger partial charge is 0.340 e. The fourth-order valence-electron chi connectivity index (χ4n) is 3.10. The van der Waals surface area contributed by atoms with E-state index in [9.17, 15) is 21.6 Å². The van der Waals surface area contributed by atoms with E-state index in [4.69, 9.17) is 8.37 Å². The van der Waals surface area contributed by atoms with E-state index in [1.165, 1.54) is 24.3 Å². The van der Waals surface area contributed by atoms with Crippen molar-refractivity contribution in [3.8, 4) is 11.8 Å². The van der Waals surface area contributed by atoms with Gasteiger partial charge in [-0.05, 0) is 38.1 Å². The van der Waals surface area contributed by atoms with Crippen molar-refractivity contribution in [1.29, 1.82) is 0 Å². The third-order valence-corrected chi connectivity index (χ3v) is 8.42. The van der Waals surface area contributed by atoms with Gasteiger partial charge in [0.15, 0.2) is 10.9 Å². The molecule has 4 rings (SSSR count). The number of aromatic nitrogens is 2. The summed E-state index contributed by atoms with van der Waals surface area (Å²) in [6.07, 6.45) is 0. The summed E-state index contributed by atoms with van der Waals surface area (Å²) in [7, 11) is -8.62. The van der Waals surface area contributed by atoms with Gasteiger partial charge in [0.1, 0.15) is 9.79 Å². The van der Waals surface area contributed by atoms with Gasteiger partial charge in [0.2, 0.25) is 11.8 Å². The number of nitrogens with zero attached hydrogens (tertiary/aromatic N) is 2. The molecular weight excluding hydrogens is 548 g/mol. The average molecular weight is 571 g/mol. The Morgan fingerprint density at radius 1 is 0.711 bits per heavy atom. The molecule has 0 bridgehead atoms. The fourth-order valence-corrected chi connectivity index (χ4v) is 5.59. The molecule has 0 saturated heterocycles. The molecule has 0 saturated carbocycles. The Hall–Kier alpha value is -3.74. The van der Waals surface area contributed by atoms with Crippen LogP contribution in [-0.2, 0) is 20.2 Å². The maximum absolute atomic E-state index is 12.8. The molecule has 38 heavy (non-hydrogen) atoms. The summed E-state index contributed by atoms with van der Waals surface area (Å²) in [6.45, 7) is 3.61. The summed E-state index contributed by atoms with van der Waals surface area (Å²) in [5.74, 6) is -1.26. The molecule has 9 nitrogen and oxygen atoms in total. The number of carbonyl (C=O) groups excluding carboxylic acids is 1. The van der Waals surface area contributed by atoms with Gasteiger partial charge in [-0.2, -0.15) is 26.8 Å². The van der Waals surface area contributed by atoms with Crippen LogP contribution in [0, 0.1) is 13.8 Å². The molecule has 1 heterocycles. The molecule has 196 valence electrons. The number of aryl methyl sites for hydroxylation is 2. The Morgan fingerprint density at radius 2 is 1.16 bits per heavy atom. The van der Waals surface area contributed by atoms with Crippen molar-refractivity contribution in [2.45, 2.75) is 28.8 Å². The first kappa shape index (κ1) is 27.3.